The number of methoxy groups -OCH3 is 1. The molecule has 0 radical (unpaired) electrons. The van der Waals surface area contributed by atoms with Gasteiger partial charge < -0.3 is 9.47 Å². The van der Waals surface area contributed by atoms with E-state index in [2.05, 4.69) is 68.3 Å². The number of halogens is 1. The van der Waals surface area contributed by atoms with Crippen LogP contribution in [0.1, 0.15) is 35.8 Å². The molecule has 0 bridgehead atoms. The number of esters is 1. The topological polar surface area (TPSA) is 96.9 Å². The molecule has 1 atom stereocenters. The number of carbonyl (C=O) groups excluding carboxylic acids is 1. The molecule has 9 nitrogen and oxygen atoms in total. The standard InChI is InChI=1S/C24H21BrN6O3/c1-4-34-23(32)18-12-26-30(13-18)24-27-19-20(22(28-24)33-3)31(29-21(19)25)14(2)16-10-9-15-7-5-6-8-17(15)11-16/h5-14H,4H2,1-3H3/t14-/m0/s1. The molecule has 0 saturated carbocycles. The first-order chi connectivity index (χ1) is 16.5. The van der Waals surface area contributed by atoms with Gasteiger partial charge in [0.2, 0.25) is 5.88 Å². The minimum atomic E-state index is -0.458. The van der Waals surface area contributed by atoms with Crippen molar-refractivity contribution in [2.75, 3.05) is 13.7 Å². The van der Waals surface area contributed by atoms with Crippen LogP contribution in [0.15, 0.2) is 59.5 Å². The Morgan fingerprint density at radius 1 is 1.15 bits per heavy atom. The van der Waals surface area contributed by atoms with Gasteiger partial charge in [0.05, 0.1) is 31.5 Å². The largest absolute Gasteiger partial charge is 0.479 e. The van der Waals surface area contributed by atoms with E-state index < -0.39 is 5.97 Å². The highest BCUT2D eigenvalue weighted by Gasteiger charge is 2.23. The number of ether oxygens (including phenoxy) is 2. The Morgan fingerprint density at radius 2 is 1.94 bits per heavy atom. The summed E-state index contributed by atoms with van der Waals surface area (Å²) < 4.78 is 14.5. The highest BCUT2D eigenvalue weighted by Crippen LogP contribution is 2.33. The molecule has 0 aliphatic heterocycles. The Labute approximate surface area is 203 Å². The van der Waals surface area contributed by atoms with Crippen LogP contribution in [0, 0.1) is 0 Å². The molecule has 2 aromatic carbocycles. The molecule has 0 amide bonds. The van der Waals surface area contributed by atoms with Crippen molar-refractivity contribution >= 4 is 43.7 Å². The number of rotatable bonds is 6. The molecular weight excluding hydrogens is 500 g/mol. The maximum atomic E-state index is 12.0. The van der Waals surface area contributed by atoms with Crippen LogP contribution in [0.4, 0.5) is 0 Å². The van der Waals surface area contributed by atoms with Gasteiger partial charge in [0.15, 0.2) is 10.1 Å². The highest BCUT2D eigenvalue weighted by molar-refractivity contribution is 9.10. The molecule has 34 heavy (non-hydrogen) atoms. The lowest BCUT2D eigenvalue weighted by atomic mass is 10.0. The SMILES string of the molecule is CCOC(=O)c1cnn(-c2nc(OC)c3c(n2)c(Br)nn3[C@@H](C)c2ccc3ccccc3c2)c1. The van der Waals surface area contributed by atoms with Crippen molar-refractivity contribution in [3.8, 4) is 11.8 Å². The van der Waals surface area contributed by atoms with E-state index in [9.17, 15) is 4.79 Å². The summed E-state index contributed by atoms with van der Waals surface area (Å²) in [6.07, 6.45) is 2.94. The van der Waals surface area contributed by atoms with Crippen LogP contribution in [0.5, 0.6) is 5.88 Å². The van der Waals surface area contributed by atoms with Gasteiger partial charge in [0.1, 0.15) is 5.52 Å². The van der Waals surface area contributed by atoms with Gasteiger partial charge in [0, 0.05) is 6.20 Å². The molecule has 0 unspecified atom stereocenters. The zero-order valence-corrected chi connectivity index (χ0v) is 20.4. The molecule has 10 heteroatoms. The number of aromatic nitrogens is 6. The van der Waals surface area contributed by atoms with Crippen LogP contribution in [0.2, 0.25) is 0 Å². The Kier molecular flexibility index (Phi) is 5.74. The molecule has 0 saturated heterocycles. The summed E-state index contributed by atoms with van der Waals surface area (Å²) in [6, 6.07) is 14.5. The average molecular weight is 521 g/mol. The number of hydrogen-bond donors (Lipinski definition) is 0. The lowest BCUT2D eigenvalue weighted by Gasteiger charge is -2.16. The smallest absolute Gasteiger partial charge is 0.341 e. The second-order valence-electron chi connectivity index (χ2n) is 7.64. The predicted molar refractivity (Wildman–Crippen MR) is 130 cm³/mol. The molecule has 0 N–H and O–H groups in total. The van der Waals surface area contributed by atoms with Gasteiger partial charge in [-0.15, -0.1) is 0 Å². The van der Waals surface area contributed by atoms with E-state index in [1.54, 1.807) is 14.0 Å². The molecular formula is C24H21BrN6O3. The third kappa shape index (κ3) is 3.79. The first kappa shape index (κ1) is 22.0. The van der Waals surface area contributed by atoms with E-state index >= 15 is 0 Å². The molecule has 0 aliphatic carbocycles. The lowest BCUT2D eigenvalue weighted by Crippen LogP contribution is -2.11. The summed E-state index contributed by atoms with van der Waals surface area (Å²) in [7, 11) is 1.55. The van der Waals surface area contributed by atoms with Crippen LogP contribution in [0.25, 0.3) is 27.8 Å². The number of hydrogen-bond acceptors (Lipinski definition) is 7. The zero-order valence-electron chi connectivity index (χ0n) is 18.8. The molecule has 3 heterocycles. The fourth-order valence-corrected chi connectivity index (χ4v) is 4.30. The van der Waals surface area contributed by atoms with E-state index in [0.717, 1.165) is 10.9 Å². The molecule has 0 aliphatic rings. The average Bonchev–Trinajstić information content (AvgIpc) is 3.48. The minimum absolute atomic E-state index is 0.109. The molecule has 0 spiro atoms. The van der Waals surface area contributed by atoms with Crippen molar-refractivity contribution in [3.63, 3.8) is 0 Å². The molecule has 5 aromatic rings. The predicted octanol–water partition coefficient (Wildman–Crippen LogP) is 4.72. The van der Waals surface area contributed by atoms with E-state index in [-0.39, 0.29) is 18.6 Å². The van der Waals surface area contributed by atoms with E-state index in [1.165, 1.54) is 22.5 Å². The van der Waals surface area contributed by atoms with E-state index in [4.69, 9.17) is 14.6 Å². The van der Waals surface area contributed by atoms with Crippen molar-refractivity contribution in [1.29, 1.82) is 0 Å². The molecule has 172 valence electrons. The van der Waals surface area contributed by atoms with Crippen molar-refractivity contribution in [1.82, 2.24) is 29.5 Å². The number of carbonyl (C=O) groups is 1. The fourth-order valence-electron chi connectivity index (χ4n) is 3.85. The third-order valence-electron chi connectivity index (χ3n) is 5.58. The van der Waals surface area contributed by atoms with Gasteiger partial charge >= 0.3 is 5.97 Å². The van der Waals surface area contributed by atoms with Crippen LogP contribution in [0.3, 0.4) is 0 Å². The maximum absolute atomic E-state index is 12.0. The summed E-state index contributed by atoms with van der Waals surface area (Å²) in [6.45, 7) is 4.09. The van der Waals surface area contributed by atoms with Gasteiger partial charge in [-0.3, -0.25) is 0 Å². The number of benzene rings is 2. The summed E-state index contributed by atoms with van der Waals surface area (Å²) in [4.78, 5) is 21.2. The van der Waals surface area contributed by atoms with Crippen molar-refractivity contribution in [2.24, 2.45) is 0 Å². The van der Waals surface area contributed by atoms with E-state index in [1.807, 2.05) is 16.8 Å². The zero-order chi connectivity index (χ0) is 23.8. The molecule has 0 fully saturated rings. The fraction of sp³-hybridized carbons (Fsp3) is 0.208. The quantitative estimate of drug-likeness (QED) is 0.298. The lowest BCUT2D eigenvalue weighted by molar-refractivity contribution is 0.0526. The van der Waals surface area contributed by atoms with Gasteiger partial charge in [-0.2, -0.15) is 15.2 Å². The van der Waals surface area contributed by atoms with Crippen LogP contribution in [-0.2, 0) is 4.74 Å². The van der Waals surface area contributed by atoms with Crippen molar-refractivity contribution in [3.05, 3.63) is 70.6 Å². The third-order valence-corrected chi connectivity index (χ3v) is 6.11. The normalized spacial score (nSPS) is 12.2. The Morgan fingerprint density at radius 3 is 2.71 bits per heavy atom. The summed E-state index contributed by atoms with van der Waals surface area (Å²) in [5, 5.41) is 11.2. The first-order valence-corrected chi connectivity index (χ1v) is 11.5. The van der Waals surface area contributed by atoms with Gasteiger partial charge in [-0.1, -0.05) is 36.4 Å². The molecule has 3 aromatic heterocycles. The maximum Gasteiger partial charge on any atom is 0.341 e. The second-order valence-corrected chi connectivity index (χ2v) is 8.39. The van der Waals surface area contributed by atoms with Gasteiger partial charge in [-0.25, -0.2) is 19.1 Å². The van der Waals surface area contributed by atoms with Crippen LogP contribution in [-0.4, -0.2) is 49.2 Å². The summed E-state index contributed by atoms with van der Waals surface area (Å²) in [5.41, 5.74) is 2.62. The molecule has 5 rings (SSSR count). The second kappa shape index (κ2) is 8.86. The number of nitrogens with zero attached hydrogens (tertiary/aromatic N) is 6. The monoisotopic (exact) mass is 520 g/mol. The Balaban J connectivity index is 1.59. The van der Waals surface area contributed by atoms with Crippen molar-refractivity contribution < 1.29 is 14.3 Å². The van der Waals surface area contributed by atoms with Gasteiger partial charge in [0.25, 0.3) is 5.95 Å². The summed E-state index contributed by atoms with van der Waals surface area (Å²) in [5.74, 6) is 0.137. The van der Waals surface area contributed by atoms with Crippen LogP contribution >= 0.6 is 15.9 Å². The van der Waals surface area contributed by atoms with Crippen molar-refractivity contribution in [2.45, 2.75) is 19.9 Å². The first-order valence-electron chi connectivity index (χ1n) is 10.7. The van der Waals surface area contributed by atoms with Gasteiger partial charge in [-0.05, 0) is 52.2 Å². The Hall–Kier alpha value is -3.79. The van der Waals surface area contributed by atoms with E-state index in [0.29, 0.717) is 27.1 Å². The minimum Gasteiger partial charge on any atom is -0.479 e. The Bertz CT molecular complexity index is 1530. The summed E-state index contributed by atoms with van der Waals surface area (Å²) >= 11 is 3.54. The van der Waals surface area contributed by atoms with Crippen LogP contribution < -0.4 is 4.74 Å². The number of fused-ring (bicyclic) bond motifs is 2. The highest BCUT2D eigenvalue weighted by atomic mass is 79.9.